The molecule has 9 heteroatoms. The Morgan fingerprint density at radius 2 is 2.03 bits per heavy atom. The number of hydrogen-bond donors (Lipinski definition) is 1. The van der Waals surface area contributed by atoms with E-state index in [1.165, 1.54) is 4.68 Å². The predicted molar refractivity (Wildman–Crippen MR) is 99.7 cm³/mol. The zero-order valence-electron chi connectivity index (χ0n) is 16.8. The molecule has 2 aromatic rings. The molecule has 0 saturated carbocycles. The maximum atomic E-state index is 13.1. The van der Waals surface area contributed by atoms with Crippen LogP contribution in [0.5, 0.6) is 11.7 Å². The molecule has 2 N–H and O–H groups in total. The fraction of sp³-hybridized carbons (Fsp3) is 0.333. The first-order valence-electron chi connectivity index (χ1n) is 9.33. The summed E-state index contributed by atoms with van der Waals surface area (Å²) in [5.74, 6) is -1.12. The van der Waals surface area contributed by atoms with Crippen LogP contribution in [0.3, 0.4) is 0 Å². The molecule has 154 valence electrons. The Kier molecular flexibility index (Phi) is 4.50. The van der Waals surface area contributed by atoms with Crippen molar-refractivity contribution in [1.29, 1.82) is 5.26 Å². The van der Waals surface area contributed by atoms with E-state index in [0.29, 0.717) is 23.6 Å². The van der Waals surface area contributed by atoms with Gasteiger partial charge in [-0.25, -0.2) is 0 Å². The van der Waals surface area contributed by atoms with Gasteiger partial charge in [0.05, 0.1) is 18.0 Å². The quantitative estimate of drug-likeness (QED) is 0.754. The summed E-state index contributed by atoms with van der Waals surface area (Å²) in [7, 11) is 1.54. The van der Waals surface area contributed by atoms with Crippen LogP contribution in [0.1, 0.15) is 38.3 Å². The molecule has 1 aliphatic carbocycles. The number of carbonyl (C=O) groups is 1. The Balaban J connectivity index is 1.92. The van der Waals surface area contributed by atoms with E-state index in [4.69, 9.17) is 19.7 Å². The number of ketones is 1. The number of carbonyl (C=O) groups excluding carboxylic acids is 1. The first-order valence-corrected chi connectivity index (χ1v) is 9.33. The molecule has 30 heavy (non-hydrogen) atoms. The Labute approximate surface area is 172 Å². The molecule has 1 aromatic heterocycles. The van der Waals surface area contributed by atoms with Crippen LogP contribution < -0.4 is 20.3 Å². The van der Waals surface area contributed by atoms with Crippen LogP contribution in [0.25, 0.3) is 5.69 Å². The predicted octanol–water partition coefficient (Wildman–Crippen LogP) is 1.48. The maximum absolute atomic E-state index is 13.1. The van der Waals surface area contributed by atoms with Crippen molar-refractivity contribution in [2.45, 2.75) is 32.6 Å². The molecule has 2 heterocycles. The first-order chi connectivity index (χ1) is 14.3. The van der Waals surface area contributed by atoms with Crippen molar-refractivity contribution in [1.82, 2.24) is 5.27 Å². The number of allylic oxidation sites excluding steroid dienone is 3. The molecule has 1 unspecified atom stereocenters. The minimum atomic E-state index is -1.02. The molecule has 9 nitrogen and oxygen atoms in total. The van der Waals surface area contributed by atoms with Crippen molar-refractivity contribution in [2.24, 2.45) is 11.1 Å². The van der Waals surface area contributed by atoms with Gasteiger partial charge in [0.15, 0.2) is 11.7 Å². The molecule has 0 saturated heterocycles. The van der Waals surface area contributed by atoms with Crippen LogP contribution >= 0.6 is 0 Å². The second-order valence-corrected chi connectivity index (χ2v) is 8.06. The summed E-state index contributed by atoms with van der Waals surface area (Å²) >= 11 is 0. The zero-order chi connectivity index (χ0) is 21.6. The second-order valence-electron chi connectivity index (χ2n) is 8.06. The summed E-state index contributed by atoms with van der Waals surface area (Å²) in [6, 6.07) is 8.76. The highest BCUT2D eigenvalue weighted by molar-refractivity contribution is 5.99. The number of hydrogen-bond acceptors (Lipinski definition) is 8. The Hall–Kier alpha value is -3.80. The summed E-state index contributed by atoms with van der Waals surface area (Å²) in [6.45, 7) is 3.89. The van der Waals surface area contributed by atoms with Gasteiger partial charge in [-0.1, -0.05) is 13.8 Å². The van der Waals surface area contributed by atoms with Gasteiger partial charge in [-0.2, -0.15) is 5.26 Å². The third-order valence-electron chi connectivity index (χ3n) is 5.31. The normalized spacial score (nSPS) is 20.5. The largest absolute Gasteiger partial charge is 0.539 e. The number of benzene rings is 1. The molecule has 2 aliphatic rings. The van der Waals surface area contributed by atoms with Crippen molar-refractivity contribution in [3.63, 3.8) is 0 Å². The van der Waals surface area contributed by atoms with E-state index in [-0.39, 0.29) is 40.3 Å². The highest BCUT2D eigenvalue weighted by atomic mass is 16.6. The summed E-state index contributed by atoms with van der Waals surface area (Å²) in [6.07, 6.45) is 0.707. The van der Waals surface area contributed by atoms with Crippen molar-refractivity contribution < 1.29 is 28.6 Å². The van der Waals surface area contributed by atoms with Gasteiger partial charge in [0.2, 0.25) is 11.6 Å². The molecular weight excluding hydrogens is 388 g/mol. The highest BCUT2D eigenvalue weighted by Crippen LogP contribution is 2.48. The number of Topliss-reactive ketones (excluding diaryl/α,β-unsaturated/α-hetero) is 1. The van der Waals surface area contributed by atoms with Crippen LogP contribution in [-0.2, 0) is 9.53 Å². The van der Waals surface area contributed by atoms with Gasteiger partial charge >= 0.3 is 0 Å². The number of rotatable bonds is 3. The fourth-order valence-corrected chi connectivity index (χ4v) is 3.96. The molecule has 1 atom stereocenters. The van der Waals surface area contributed by atoms with Gasteiger partial charge in [-0.15, -0.1) is 0 Å². The van der Waals surface area contributed by atoms with Gasteiger partial charge in [-0.3, -0.25) is 4.79 Å². The van der Waals surface area contributed by atoms with Gasteiger partial charge in [0.25, 0.3) is 5.69 Å². The Morgan fingerprint density at radius 3 is 2.67 bits per heavy atom. The number of methoxy groups -OCH3 is 1. The third kappa shape index (κ3) is 3.06. The van der Waals surface area contributed by atoms with Gasteiger partial charge < -0.3 is 24.8 Å². The number of nitriles is 1. The van der Waals surface area contributed by atoms with Crippen molar-refractivity contribution >= 4 is 5.78 Å². The molecule has 4 rings (SSSR count). The lowest BCUT2D eigenvalue weighted by Gasteiger charge is -2.36. The van der Waals surface area contributed by atoms with Crippen molar-refractivity contribution in [2.75, 3.05) is 7.11 Å². The first kappa shape index (κ1) is 19.5. The molecule has 0 fully saturated rings. The minimum Gasteiger partial charge on any atom is -0.539 e. The standard InChI is InChI=1S/C21H20N4O5/c1-21(2)8-14(26)17-15(9-21)29-19(23)13(10-22)16(17)18-20(27)30-24-25(18)11-4-6-12(28-3)7-5-11/h4-7,16H,8-9,23H2,1-3H3. The molecular formula is C21H20N4O5. The molecule has 1 aliphatic heterocycles. The van der Waals surface area contributed by atoms with Gasteiger partial charge in [-0.05, 0) is 22.2 Å². The van der Waals surface area contributed by atoms with E-state index in [0.717, 1.165) is 0 Å². The maximum Gasteiger partial charge on any atom is 0.253 e. The lowest BCUT2D eigenvalue weighted by atomic mass is 9.71. The molecule has 0 radical (unpaired) electrons. The summed E-state index contributed by atoms with van der Waals surface area (Å²) in [5.41, 5.74) is 6.44. The monoisotopic (exact) mass is 408 g/mol. The van der Waals surface area contributed by atoms with E-state index in [1.807, 2.05) is 19.9 Å². The van der Waals surface area contributed by atoms with E-state index < -0.39 is 11.9 Å². The van der Waals surface area contributed by atoms with Crippen molar-refractivity contribution in [3.05, 3.63) is 52.7 Å². The van der Waals surface area contributed by atoms with E-state index >= 15 is 0 Å². The van der Waals surface area contributed by atoms with Gasteiger partial charge in [0.1, 0.15) is 29.1 Å². The second kappa shape index (κ2) is 6.91. The number of ether oxygens (including phenoxy) is 2. The van der Waals surface area contributed by atoms with E-state index in [1.54, 1.807) is 31.4 Å². The molecule has 1 aromatic carbocycles. The lowest BCUT2D eigenvalue weighted by molar-refractivity contribution is -0.678. The summed E-state index contributed by atoms with van der Waals surface area (Å²) in [5, 5.41) is 26.3. The number of nitrogens with two attached hydrogens (primary N) is 1. The molecule has 0 amide bonds. The number of aromatic nitrogens is 2. The SMILES string of the molecule is COc1ccc(-[n+]2noc([O-])c2C2C(C#N)=C(N)OC3=C2C(=O)CC(C)(C)C3)cc1. The average molecular weight is 408 g/mol. The molecule has 0 spiro atoms. The van der Waals surface area contributed by atoms with Crippen LogP contribution in [0.4, 0.5) is 0 Å². The fourth-order valence-electron chi connectivity index (χ4n) is 3.96. The Morgan fingerprint density at radius 1 is 1.33 bits per heavy atom. The summed E-state index contributed by atoms with van der Waals surface area (Å²) in [4.78, 5) is 13.1. The van der Waals surface area contributed by atoms with Crippen LogP contribution in [0, 0.1) is 16.7 Å². The zero-order valence-corrected chi connectivity index (χ0v) is 16.8. The molecule has 0 bridgehead atoms. The van der Waals surface area contributed by atoms with Crippen LogP contribution in [0.2, 0.25) is 0 Å². The topological polar surface area (TPSA) is 138 Å². The van der Waals surface area contributed by atoms with Gasteiger partial charge in [0, 0.05) is 25.0 Å². The van der Waals surface area contributed by atoms with Crippen LogP contribution in [-0.4, -0.2) is 18.2 Å². The van der Waals surface area contributed by atoms with E-state index in [9.17, 15) is 15.2 Å². The number of nitrogens with zero attached hydrogens (tertiary/aromatic N) is 3. The highest BCUT2D eigenvalue weighted by Gasteiger charge is 2.47. The smallest absolute Gasteiger partial charge is 0.253 e. The Bertz CT molecular complexity index is 1140. The average Bonchev–Trinajstić information content (AvgIpc) is 3.07. The lowest BCUT2D eigenvalue weighted by Crippen LogP contribution is -2.42. The third-order valence-corrected chi connectivity index (χ3v) is 5.31. The van der Waals surface area contributed by atoms with E-state index in [2.05, 4.69) is 5.27 Å². The summed E-state index contributed by atoms with van der Waals surface area (Å²) < 4.78 is 17.0. The van der Waals surface area contributed by atoms with Crippen LogP contribution in [0.15, 0.2) is 51.6 Å². The van der Waals surface area contributed by atoms with Crippen molar-refractivity contribution in [3.8, 4) is 23.5 Å². The minimum absolute atomic E-state index is 0.0172.